The van der Waals surface area contributed by atoms with Gasteiger partial charge in [0.1, 0.15) is 17.7 Å². The zero-order valence-electron chi connectivity index (χ0n) is 16.3. The fourth-order valence-corrected chi connectivity index (χ4v) is 2.98. The third-order valence-corrected chi connectivity index (χ3v) is 4.50. The molecule has 0 aliphatic rings. The molecule has 0 aliphatic heterocycles. The summed E-state index contributed by atoms with van der Waals surface area (Å²) >= 11 is 0. The van der Waals surface area contributed by atoms with Crippen LogP contribution in [0.15, 0.2) is 48.5 Å². The van der Waals surface area contributed by atoms with Crippen molar-refractivity contribution in [2.75, 3.05) is 6.54 Å². The molecule has 0 radical (unpaired) electrons. The minimum absolute atomic E-state index is 0.144. The second-order valence-corrected chi connectivity index (χ2v) is 6.63. The van der Waals surface area contributed by atoms with Gasteiger partial charge in [-0.15, -0.1) is 0 Å². The number of carbonyl (C=O) groups excluding carboxylic acids is 2. The lowest BCUT2D eigenvalue weighted by atomic mass is 10.1. The van der Waals surface area contributed by atoms with E-state index in [1.807, 2.05) is 13.8 Å². The Kier molecular flexibility index (Phi) is 8.11. The molecule has 2 aromatic rings. The number of benzene rings is 2. The molecule has 0 aromatic heterocycles. The van der Waals surface area contributed by atoms with E-state index < -0.39 is 11.9 Å². The summed E-state index contributed by atoms with van der Waals surface area (Å²) in [5.41, 5.74) is 0.977. The predicted molar refractivity (Wildman–Crippen MR) is 104 cm³/mol. The fraction of sp³-hybridized carbons (Fsp3) is 0.364. The smallest absolute Gasteiger partial charge is 0.242 e. The maximum atomic E-state index is 14.0. The van der Waals surface area contributed by atoms with E-state index in [4.69, 9.17) is 0 Å². The van der Waals surface area contributed by atoms with Gasteiger partial charge in [0.25, 0.3) is 0 Å². The van der Waals surface area contributed by atoms with Gasteiger partial charge in [-0.05, 0) is 42.2 Å². The van der Waals surface area contributed by atoms with Crippen LogP contribution in [0.5, 0.6) is 0 Å². The molecule has 6 heteroatoms. The number of amides is 2. The first-order chi connectivity index (χ1) is 13.5. The first-order valence-corrected chi connectivity index (χ1v) is 9.51. The summed E-state index contributed by atoms with van der Waals surface area (Å²) in [6, 6.07) is 11.2. The highest BCUT2D eigenvalue weighted by molar-refractivity contribution is 5.88. The van der Waals surface area contributed by atoms with Gasteiger partial charge in [0, 0.05) is 13.1 Å². The molecule has 0 fully saturated rings. The van der Waals surface area contributed by atoms with E-state index in [9.17, 15) is 18.4 Å². The standard InChI is InChI=1S/C22H26F2N2O2/c1-3-13-25-22(28)20(4-2)26(15-16-9-11-18(23)12-10-16)21(27)14-17-7-5-6-8-19(17)24/h5-12,20H,3-4,13-15H2,1-2H3,(H,25,28)/t20-/m0/s1. The Balaban J connectivity index is 2.27. The van der Waals surface area contributed by atoms with E-state index in [0.29, 0.717) is 18.5 Å². The molecular formula is C22H26F2N2O2. The largest absolute Gasteiger partial charge is 0.354 e. The van der Waals surface area contributed by atoms with Gasteiger partial charge in [-0.2, -0.15) is 0 Å². The van der Waals surface area contributed by atoms with E-state index in [1.165, 1.54) is 23.1 Å². The average molecular weight is 388 g/mol. The number of hydrogen-bond acceptors (Lipinski definition) is 2. The molecule has 0 unspecified atom stereocenters. The van der Waals surface area contributed by atoms with Crippen LogP contribution in [0.1, 0.15) is 37.8 Å². The van der Waals surface area contributed by atoms with Crippen LogP contribution in [0.2, 0.25) is 0 Å². The van der Waals surface area contributed by atoms with Crippen molar-refractivity contribution in [2.24, 2.45) is 0 Å². The monoisotopic (exact) mass is 388 g/mol. The molecule has 2 rings (SSSR count). The SMILES string of the molecule is CCCNC(=O)[C@H](CC)N(Cc1ccc(F)cc1)C(=O)Cc1ccccc1F. The second-order valence-electron chi connectivity index (χ2n) is 6.63. The molecule has 0 spiro atoms. The maximum Gasteiger partial charge on any atom is 0.242 e. The Morgan fingerprint density at radius 1 is 1.04 bits per heavy atom. The highest BCUT2D eigenvalue weighted by atomic mass is 19.1. The van der Waals surface area contributed by atoms with Crippen molar-refractivity contribution in [1.29, 1.82) is 0 Å². The zero-order chi connectivity index (χ0) is 20.5. The Morgan fingerprint density at radius 3 is 2.32 bits per heavy atom. The number of nitrogens with one attached hydrogen (secondary N) is 1. The summed E-state index contributed by atoms with van der Waals surface area (Å²) in [4.78, 5) is 27.1. The van der Waals surface area contributed by atoms with Gasteiger partial charge in [0.05, 0.1) is 6.42 Å². The number of rotatable bonds is 9. The summed E-state index contributed by atoms with van der Waals surface area (Å²) in [6.07, 6.45) is 1.05. The van der Waals surface area contributed by atoms with Gasteiger partial charge in [-0.1, -0.05) is 44.2 Å². The van der Waals surface area contributed by atoms with Crippen LogP contribution < -0.4 is 5.32 Å². The maximum absolute atomic E-state index is 14.0. The number of hydrogen-bond donors (Lipinski definition) is 1. The van der Waals surface area contributed by atoms with Crippen molar-refractivity contribution < 1.29 is 18.4 Å². The summed E-state index contributed by atoms with van der Waals surface area (Å²) in [7, 11) is 0. The Morgan fingerprint density at radius 2 is 1.71 bits per heavy atom. The van der Waals surface area contributed by atoms with E-state index in [-0.39, 0.29) is 36.2 Å². The number of halogens is 2. The molecule has 0 saturated heterocycles. The molecule has 1 atom stereocenters. The number of carbonyl (C=O) groups is 2. The van der Waals surface area contributed by atoms with E-state index in [0.717, 1.165) is 6.42 Å². The normalized spacial score (nSPS) is 11.7. The van der Waals surface area contributed by atoms with Crippen LogP contribution in [-0.4, -0.2) is 29.3 Å². The molecule has 4 nitrogen and oxygen atoms in total. The van der Waals surface area contributed by atoms with E-state index in [2.05, 4.69) is 5.32 Å². The average Bonchev–Trinajstić information content (AvgIpc) is 2.69. The lowest BCUT2D eigenvalue weighted by Crippen LogP contribution is -2.49. The second kappa shape index (κ2) is 10.5. The van der Waals surface area contributed by atoms with Crippen LogP contribution in [0.4, 0.5) is 8.78 Å². The fourth-order valence-electron chi connectivity index (χ4n) is 2.98. The summed E-state index contributed by atoms with van der Waals surface area (Å²) in [5.74, 6) is -1.43. The first-order valence-electron chi connectivity index (χ1n) is 9.51. The van der Waals surface area contributed by atoms with Crippen molar-refractivity contribution in [1.82, 2.24) is 10.2 Å². The molecule has 0 bridgehead atoms. The molecule has 2 amide bonds. The van der Waals surface area contributed by atoms with Gasteiger partial charge in [0.15, 0.2) is 0 Å². The molecule has 2 aromatic carbocycles. The Hall–Kier alpha value is -2.76. The van der Waals surface area contributed by atoms with Gasteiger partial charge >= 0.3 is 0 Å². The third kappa shape index (κ3) is 5.87. The molecule has 150 valence electrons. The first kappa shape index (κ1) is 21.5. The predicted octanol–water partition coefficient (Wildman–Crippen LogP) is 3.84. The van der Waals surface area contributed by atoms with Crippen molar-refractivity contribution in [3.8, 4) is 0 Å². The third-order valence-electron chi connectivity index (χ3n) is 4.50. The molecular weight excluding hydrogens is 362 g/mol. The van der Waals surface area contributed by atoms with Crippen molar-refractivity contribution in [3.63, 3.8) is 0 Å². The quantitative estimate of drug-likeness (QED) is 0.710. The lowest BCUT2D eigenvalue weighted by Gasteiger charge is -2.30. The highest BCUT2D eigenvalue weighted by Crippen LogP contribution is 2.16. The van der Waals surface area contributed by atoms with Crippen LogP contribution in [0.25, 0.3) is 0 Å². The minimum Gasteiger partial charge on any atom is -0.354 e. The topological polar surface area (TPSA) is 49.4 Å². The molecule has 1 N–H and O–H groups in total. The van der Waals surface area contributed by atoms with Crippen LogP contribution >= 0.6 is 0 Å². The zero-order valence-corrected chi connectivity index (χ0v) is 16.3. The minimum atomic E-state index is -0.684. The molecule has 0 aliphatic carbocycles. The van der Waals surface area contributed by atoms with Crippen molar-refractivity contribution in [2.45, 2.75) is 45.7 Å². The molecule has 0 heterocycles. The van der Waals surface area contributed by atoms with Crippen LogP contribution in [-0.2, 0) is 22.6 Å². The van der Waals surface area contributed by atoms with Crippen molar-refractivity contribution >= 4 is 11.8 Å². The summed E-state index contributed by atoms with van der Waals surface area (Å²) in [5, 5.41) is 2.82. The van der Waals surface area contributed by atoms with Crippen LogP contribution in [0, 0.1) is 11.6 Å². The Bertz CT molecular complexity index is 793. The van der Waals surface area contributed by atoms with Gasteiger partial charge < -0.3 is 10.2 Å². The highest BCUT2D eigenvalue weighted by Gasteiger charge is 2.28. The van der Waals surface area contributed by atoms with Crippen LogP contribution in [0.3, 0.4) is 0 Å². The van der Waals surface area contributed by atoms with E-state index in [1.54, 1.807) is 30.3 Å². The van der Waals surface area contributed by atoms with Gasteiger partial charge in [-0.25, -0.2) is 8.78 Å². The van der Waals surface area contributed by atoms with Gasteiger partial charge in [-0.3, -0.25) is 9.59 Å². The van der Waals surface area contributed by atoms with E-state index >= 15 is 0 Å². The van der Waals surface area contributed by atoms with Crippen molar-refractivity contribution in [3.05, 3.63) is 71.3 Å². The molecule has 0 saturated carbocycles. The lowest BCUT2D eigenvalue weighted by molar-refractivity contribution is -0.141. The van der Waals surface area contributed by atoms with Gasteiger partial charge in [0.2, 0.25) is 11.8 Å². The summed E-state index contributed by atoms with van der Waals surface area (Å²) in [6.45, 7) is 4.43. The molecule has 28 heavy (non-hydrogen) atoms. The Labute approximate surface area is 164 Å². The number of nitrogens with zero attached hydrogens (tertiary/aromatic N) is 1. The summed E-state index contributed by atoms with van der Waals surface area (Å²) < 4.78 is 27.2.